The van der Waals surface area contributed by atoms with Crippen molar-refractivity contribution in [3.63, 3.8) is 0 Å². The second kappa shape index (κ2) is 17.2. The molecule has 11 nitrogen and oxygen atoms in total. The Balaban J connectivity index is 0.000000358. The number of urea groups is 1. The number of carbonyl (C=O) groups excluding carboxylic acids is 2. The third kappa shape index (κ3) is 11.2. The van der Waals surface area contributed by atoms with Crippen LogP contribution in [0.3, 0.4) is 0 Å². The van der Waals surface area contributed by atoms with Crippen molar-refractivity contribution >= 4 is 30.7 Å². The van der Waals surface area contributed by atoms with E-state index in [0.717, 1.165) is 0 Å². The average molecular weight is 677 g/mol. The predicted molar refractivity (Wildman–Crippen MR) is 179 cm³/mol. The van der Waals surface area contributed by atoms with Gasteiger partial charge < -0.3 is 23.3 Å². The lowest BCUT2D eigenvalue weighted by molar-refractivity contribution is -0.929. The van der Waals surface area contributed by atoms with Gasteiger partial charge in [0.1, 0.15) is 6.04 Å². The van der Waals surface area contributed by atoms with Gasteiger partial charge in [-0.3, -0.25) is 4.79 Å². The Morgan fingerprint density at radius 3 is 1.80 bits per heavy atom. The van der Waals surface area contributed by atoms with E-state index in [1.165, 1.54) is 86.9 Å². The maximum atomic E-state index is 12.9. The molecular weight excluding hydrogens is 613 g/mol. The van der Waals surface area contributed by atoms with Gasteiger partial charge in [-0.15, -0.1) is 0 Å². The summed E-state index contributed by atoms with van der Waals surface area (Å²) in [5.41, 5.74) is 0. The molecule has 0 unspecified atom stereocenters. The largest absolute Gasteiger partial charge is 0.724 e. The highest BCUT2D eigenvalue weighted by molar-refractivity contribution is 7.80. The Hall–Kier alpha value is -1.25. The molecule has 3 aliphatic heterocycles. The first-order chi connectivity index (χ1) is 21.0. The molecule has 3 aliphatic rings. The number of hydrogen-bond donors (Lipinski definition) is 0. The lowest BCUT2D eigenvalue weighted by atomic mass is 9.91. The van der Waals surface area contributed by atoms with Crippen molar-refractivity contribution in [1.82, 2.24) is 14.9 Å². The minimum atomic E-state index is -5.04. The summed E-state index contributed by atoms with van der Waals surface area (Å²) < 4.78 is 44.5. The third-order valence-corrected chi connectivity index (χ3v) is 15.2. The van der Waals surface area contributed by atoms with E-state index >= 15 is 0 Å². The van der Waals surface area contributed by atoms with Gasteiger partial charge in [-0.25, -0.2) is 13.2 Å². The number of quaternary nitrogens is 1. The topological polar surface area (TPSA) is 120 Å². The molecule has 0 aromatic carbocycles. The molecule has 0 radical (unpaired) electrons. The van der Waals surface area contributed by atoms with Crippen LogP contribution in [-0.2, 0) is 23.9 Å². The molecule has 0 spiro atoms. The number of hydrogen-bond acceptors (Lipinski definition) is 7. The van der Waals surface area contributed by atoms with Gasteiger partial charge in [-0.2, -0.15) is 9.35 Å². The van der Waals surface area contributed by atoms with Gasteiger partial charge in [0.15, 0.2) is 8.32 Å². The lowest BCUT2D eigenvalue weighted by Gasteiger charge is -2.39. The van der Waals surface area contributed by atoms with Crippen molar-refractivity contribution < 1.29 is 35.8 Å². The molecule has 2 bridgehead atoms. The van der Waals surface area contributed by atoms with Crippen LogP contribution in [0, 0.1) is 5.92 Å². The fraction of sp³-hybridized carbons (Fsp3) is 0.938. The van der Waals surface area contributed by atoms with Crippen LogP contribution < -0.4 is 0 Å². The number of unbranched alkanes of at least 4 members (excludes halogenated alkanes) is 4. The van der Waals surface area contributed by atoms with Crippen LogP contribution in [-0.4, -0.2) is 117 Å². The third-order valence-electron chi connectivity index (χ3n) is 10.3. The first-order valence-corrected chi connectivity index (χ1v) is 21.7. The molecule has 13 heteroatoms. The van der Waals surface area contributed by atoms with Crippen LogP contribution in [0.5, 0.6) is 0 Å². The summed E-state index contributed by atoms with van der Waals surface area (Å²) in [6.45, 7) is 27.3. The highest BCUT2D eigenvalue weighted by atomic mass is 32.3. The molecule has 3 amide bonds. The van der Waals surface area contributed by atoms with Gasteiger partial charge in [0, 0.05) is 25.6 Å². The van der Waals surface area contributed by atoms with Crippen molar-refractivity contribution in [2.75, 3.05) is 52.4 Å². The van der Waals surface area contributed by atoms with Crippen molar-refractivity contribution in [3.05, 3.63) is 0 Å². The minimum absolute atomic E-state index is 0.0820. The summed E-state index contributed by atoms with van der Waals surface area (Å²) in [5.74, 6) is -0.284. The Kier molecular flexibility index (Phi) is 15.3. The Labute approximate surface area is 275 Å². The monoisotopic (exact) mass is 676 g/mol. The quantitative estimate of drug-likeness (QED) is 0.0786. The van der Waals surface area contributed by atoms with Gasteiger partial charge in [0.05, 0.1) is 38.8 Å². The molecule has 45 heavy (non-hydrogen) atoms. The van der Waals surface area contributed by atoms with E-state index in [0.29, 0.717) is 31.2 Å². The fourth-order valence-electron chi connectivity index (χ4n) is 6.53. The Morgan fingerprint density at radius 1 is 0.889 bits per heavy atom. The van der Waals surface area contributed by atoms with Crippen molar-refractivity contribution in [2.45, 2.75) is 136 Å². The molecular formula is C32H64N4O7SSi. The normalized spacial score (nSPS) is 22.2. The fourth-order valence-corrected chi connectivity index (χ4v) is 7.95. The number of carbonyl (C=O) groups is 2. The van der Waals surface area contributed by atoms with E-state index in [9.17, 15) is 22.6 Å². The molecule has 0 aromatic heterocycles. The minimum Gasteiger partial charge on any atom is -0.724 e. The molecule has 3 saturated heterocycles. The first kappa shape index (κ1) is 39.9. The zero-order valence-electron chi connectivity index (χ0n) is 29.8. The molecule has 0 saturated carbocycles. The number of piperidine rings is 1. The van der Waals surface area contributed by atoms with E-state index in [1.54, 1.807) is 4.90 Å². The van der Waals surface area contributed by atoms with E-state index in [1.807, 2.05) is 0 Å². The van der Waals surface area contributed by atoms with Gasteiger partial charge in [-0.05, 0) is 50.2 Å². The highest BCUT2D eigenvalue weighted by Gasteiger charge is 2.57. The Bertz CT molecular complexity index is 1020. The average Bonchev–Trinajstić information content (AvgIpc) is 3.39. The van der Waals surface area contributed by atoms with Crippen LogP contribution in [0.15, 0.2) is 0 Å². The maximum Gasteiger partial charge on any atom is 0.346 e. The summed E-state index contributed by atoms with van der Waals surface area (Å²) >= 11 is 0. The van der Waals surface area contributed by atoms with Crippen LogP contribution in [0.1, 0.15) is 106 Å². The zero-order valence-corrected chi connectivity index (χ0v) is 31.6. The van der Waals surface area contributed by atoms with E-state index in [4.69, 9.17) is 4.43 Å². The molecule has 0 aromatic rings. The molecule has 3 rings (SSSR count). The van der Waals surface area contributed by atoms with Gasteiger partial charge in [-0.1, -0.05) is 74.1 Å². The van der Waals surface area contributed by atoms with Crippen molar-refractivity contribution in [1.29, 1.82) is 0 Å². The summed E-state index contributed by atoms with van der Waals surface area (Å²) in [4.78, 5) is 28.3. The van der Waals surface area contributed by atoms with Crippen LogP contribution in [0.25, 0.3) is 0 Å². The van der Waals surface area contributed by atoms with E-state index in [-0.39, 0.29) is 23.4 Å². The molecule has 264 valence electrons. The van der Waals surface area contributed by atoms with Gasteiger partial charge in [0.25, 0.3) is 0 Å². The number of fused-ring (bicyclic) bond motifs is 4. The highest BCUT2D eigenvalue weighted by Crippen LogP contribution is 2.39. The number of nitrogens with zero attached hydrogens (tertiary/aromatic N) is 4. The Morgan fingerprint density at radius 2 is 1.38 bits per heavy atom. The van der Waals surface area contributed by atoms with E-state index in [2.05, 4.69) is 65.8 Å². The van der Waals surface area contributed by atoms with Crippen LogP contribution in [0.2, 0.25) is 18.1 Å². The second-order valence-electron chi connectivity index (χ2n) is 14.9. The molecule has 3 heterocycles. The van der Waals surface area contributed by atoms with Crippen molar-refractivity contribution in [3.8, 4) is 0 Å². The van der Waals surface area contributed by atoms with Crippen LogP contribution >= 0.6 is 0 Å². The molecule has 0 aliphatic carbocycles. The molecule has 3 fully saturated rings. The smallest absolute Gasteiger partial charge is 0.346 e. The zero-order chi connectivity index (χ0) is 34.1. The summed E-state index contributed by atoms with van der Waals surface area (Å²) in [6, 6.07) is -1.93. The van der Waals surface area contributed by atoms with Crippen molar-refractivity contribution in [2.24, 2.45) is 5.92 Å². The number of amides is 3. The summed E-state index contributed by atoms with van der Waals surface area (Å²) in [7, 11) is -6.95. The molecule has 0 N–H and O–H groups in total. The first-order valence-electron chi connectivity index (χ1n) is 17.5. The van der Waals surface area contributed by atoms with Gasteiger partial charge in [0.2, 0.25) is 16.3 Å². The van der Waals surface area contributed by atoms with Crippen LogP contribution in [0.4, 0.5) is 4.79 Å². The maximum absolute atomic E-state index is 12.9. The SMILES string of the molecule is CC(C)(C)[Si](C)(C)OCCN1C[C@@H]2C[C@@H]3CN(C(=O)N3OS(=O)(=O)[O-])[C@@H]2C1=O.CCCC[N+](CCCC)(CCCC)CCCC. The predicted octanol–water partition coefficient (Wildman–Crippen LogP) is 5.74. The lowest BCUT2D eigenvalue weighted by Crippen LogP contribution is -2.50. The summed E-state index contributed by atoms with van der Waals surface area (Å²) in [5, 5.41) is 0.692. The van der Waals surface area contributed by atoms with Gasteiger partial charge >= 0.3 is 6.03 Å². The molecule has 3 atom stereocenters. The number of hydroxylamine groups is 2. The summed E-state index contributed by atoms with van der Waals surface area (Å²) in [6.07, 6.45) is 11.5. The van der Waals surface area contributed by atoms with E-state index < -0.39 is 36.8 Å². The standard InChI is InChI=1S/C16H29N3O7SSi.C16H36N/c1-16(2,3)28(4,5)25-7-6-17-9-11-8-12-10-18(13(11)14(17)20)15(21)19(12)26-27(22,23)24;1-5-9-13-17(14-10-6-2,15-11-7-3)16-12-8-4/h11-13H,6-10H2,1-5H3,(H,22,23,24);5-16H2,1-4H3/q;+1/p-1/t11-,12+,13-;/m0./s1. The second-order valence-corrected chi connectivity index (χ2v) is 20.7. The number of likely N-dealkylation sites (tertiary alicyclic amines) is 1. The number of rotatable bonds is 18.